The lowest BCUT2D eigenvalue weighted by Gasteiger charge is -2.41. The Kier molecular flexibility index (Phi) is 5.71. The number of aromatic nitrogens is 3. The maximum atomic E-state index is 16.8. The van der Waals surface area contributed by atoms with Gasteiger partial charge in [0.1, 0.15) is 11.5 Å². The Morgan fingerprint density at radius 3 is 2.42 bits per heavy atom. The van der Waals surface area contributed by atoms with E-state index in [-0.39, 0.29) is 5.41 Å². The molecular formula is C42H29FN4S. The summed E-state index contributed by atoms with van der Waals surface area (Å²) in [4.78, 5) is 12.0. The van der Waals surface area contributed by atoms with Crippen LogP contribution in [0.3, 0.4) is 0 Å². The van der Waals surface area contributed by atoms with E-state index in [1.807, 2.05) is 72.3 Å². The van der Waals surface area contributed by atoms with Crippen LogP contribution in [0.2, 0.25) is 0 Å². The Morgan fingerprint density at radius 1 is 0.708 bits per heavy atom. The first-order valence-corrected chi connectivity index (χ1v) is 17.0. The summed E-state index contributed by atoms with van der Waals surface area (Å²) in [6.45, 7) is 4.59. The van der Waals surface area contributed by atoms with Crippen LogP contribution in [0.5, 0.6) is 0 Å². The number of anilines is 3. The fraction of sp³-hybridized carbons (Fsp3) is 0.0952. The first kappa shape index (κ1) is 27.5. The Labute approximate surface area is 280 Å². The second kappa shape index (κ2) is 9.96. The topological polar surface area (TPSA) is 33.4 Å². The molecule has 5 aromatic carbocycles. The number of pyridine rings is 2. The molecule has 0 spiro atoms. The molecule has 9 aromatic rings. The second-order valence-corrected chi connectivity index (χ2v) is 14.2. The van der Waals surface area contributed by atoms with Crippen LogP contribution in [0.15, 0.2) is 134 Å². The van der Waals surface area contributed by atoms with Gasteiger partial charge in [0, 0.05) is 66.2 Å². The molecule has 1 aliphatic heterocycles. The molecule has 0 fully saturated rings. The van der Waals surface area contributed by atoms with Crippen molar-refractivity contribution in [2.75, 3.05) is 4.90 Å². The quantitative estimate of drug-likeness (QED) is 0.180. The molecule has 0 amide bonds. The van der Waals surface area contributed by atoms with Gasteiger partial charge in [0.15, 0.2) is 6.17 Å². The maximum absolute atomic E-state index is 16.8. The van der Waals surface area contributed by atoms with Gasteiger partial charge in [0.2, 0.25) is 0 Å². The van der Waals surface area contributed by atoms with Crippen molar-refractivity contribution in [1.82, 2.24) is 14.4 Å². The molecule has 0 aliphatic carbocycles. The lowest BCUT2D eigenvalue weighted by atomic mass is 9.74. The molecule has 5 heterocycles. The smallest absolute Gasteiger partial charge is 0.150 e. The normalized spacial score (nSPS) is 14.6. The lowest BCUT2D eigenvalue weighted by Crippen LogP contribution is -2.31. The summed E-state index contributed by atoms with van der Waals surface area (Å²) in [6, 6.07) is 39.2. The zero-order valence-electron chi connectivity index (χ0n) is 26.4. The molecule has 0 saturated heterocycles. The zero-order chi connectivity index (χ0) is 32.1. The van der Waals surface area contributed by atoms with Crippen LogP contribution in [-0.2, 0) is 5.41 Å². The molecule has 1 aliphatic rings. The molecule has 0 bridgehead atoms. The first-order valence-electron chi connectivity index (χ1n) is 16.2. The summed E-state index contributed by atoms with van der Waals surface area (Å²) in [5.74, 6) is 0.893. The number of benzene rings is 5. The largest absolute Gasteiger partial charge is 0.299 e. The Bertz CT molecular complexity index is 2760. The summed E-state index contributed by atoms with van der Waals surface area (Å²) in [5.41, 5.74) is 7.19. The minimum absolute atomic E-state index is 0.288. The highest BCUT2D eigenvalue weighted by Crippen LogP contribution is 2.55. The number of nitrogens with zero attached hydrogens (tertiary/aromatic N) is 4. The summed E-state index contributed by atoms with van der Waals surface area (Å²) >= 11 is 1.83. The van der Waals surface area contributed by atoms with Gasteiger partial charge in [-0.2, -0.15) is 0 Å². The number of rotatable bonds is 3. The van der Waals surface area contributed by atoms with Crippen LogP contribution in [0.4, 0.5) is 21.6 Å². The number of fused-ring (bicyclic) bond motifs is 12. The van der Waals surface area contributed by atoms with Gasteiger partial charge in [-0.25, -0.2) is 14.4 Å². The number of alkyl halides is 1. The van der Waals surface area contributed by atoms with Crippen LogP contribution in [0.25, 0.3) is 47.5 Å². The standard InChI is InChI=1S/C42H29FN4S/c1-42(2)33-14-5-7-16-35(33)47(41-37(42)39-32(24-45-41)30-13-4-8-17-36(30)48-39)27-11-9-10-25(22-27)38(43)26-18-19-28-29-12-3-6-15-34(29)46-21-20-44-40(46)31(28)23-26/h3-24,38H,1-2H3. The number of imidazole rings is 1. The van der Waals surface area contributed by atoms with Gasteiger partial charge in [0.25, 0.3) is 0 Å². The van der Waals surface area contributed by atoms with Gasteiger partial charge >= 0.3 is 0 Å². The number of hydrogen-bond acceptors (Lipinski definition) is 4. The average molecular weight is 641 g/mol. The molecule has 6 heteroatoms. The van der Waals surface area contributed by atoms with Crippen molar-refractivity contribution >= 4 is 76.0 Å². The van der Waals surface area contributed by atoms with Crippen molar-refractivity contribution in [2.45, 2.75) is 25.4 Å². The van der Waals surface area contributed by atoms with Crippen LogP contribution >= 0.6 is 11.3 Å². The molecule has 1 atom stereocenters. The van der Waals surface area contributed by atoms with E-state index in [1.165, 1.54) is 31.3 Å². The van der Waals surface area contributed by atoms with Crippen molar-refractivity contribution in [3.8, 4) is 0 Å². The highest BCUT2D eigenvalue weighted by Gasteiger charge is 2.40. The van der Waals surface area contributed by atoms with Crippen LogP contribution in [0.1, 0.15) is 42.3 Å². The fourth-order valence-corrected chi connectivity index (χ4v) is 9.25. The van der Waals surface area contributed by atoms with Crippen molar-refractivity contribution in [1.29, 1.82) is 0 Å². The predicted molar refractivity (Wildman–Crippen MR) is 197 cm³/mol. The van der Waals surface area contributed by atoms with Gasteiger partial charge in [0.05, 0.1) is 11.2 Å². The second-order valence-electron chi connectivity index (χ2n) is 13.2. The van der Waals surface area contributed by atoms with E-state index in [2.05, 4.69) is 94.9 Å². The molecule has 1 unspecified atom stereocenters. The van der Waals surface area contributed by atoms with Crippen LogP contribution < -0.4 is 4.90 Å². The van der Waals surface area contributed by atoms with Crippen LogP contribution in [0, 0.1) is 0 Å². The summed E-state index contributed by atoms with van der Waals surface area (Å²) in [5, 5.41) is 5.53. The van der Waals surface area contributed by atoms with E-state index in [9.17, 15) is 0 Å². The van der Waals surface area contributed by atoms with E-state index in [0.717, 1.165) is 44.5 Å². The highest BCUT2D eigenvalue weighted by molar-refractivity contribution is 7.26. The van der Waals surface area contributed by atoms with Gasteiger partial charge in [-0.15, -0.1) is 11.3 Å². The maximum Gasteiger partial charge on any atom is 0.150 e. The SMILES string of the molecule is CC1(C)c2ccccc2N(c2cccc(C(F)c3ccc4c5ccccc5n5ccnc5c4c3)c2)c2ncc3c(sc4ccccc43)c21. The van der Waals surface area contributed by atoms with E-state index in [4.69, 9.17) is 4.98 Å². The van der Waals surface area contributed by atoms with Crippen molar-refractivity contribution in [3.63, 3.8) is 0 Å². The Morgan fingerprint density at radius 2 is 1.50 bits per heavy atom. The van der Waals surface area contributed by atoms with Gasteiger partial charge in [-0.1, -0.05) is 92.7 Å². The molecule has 10 rings (SSSR count). The average Bonchev–Trinajstić information content (AvgIpc) is 3.77. The fourth-order valence-electron chi connectivity index (χ4n) is 7.87. The van der Waals surface area contributed by atoms with E-state index < -0.39 is 6.17 Å². The zero-order valence-corrected chi connectivity index (χ0v) is 27.2. The summed E-state index contributed by atoms with van der Waals surface area (Å²) in [6.07, 6.45) is 4.46. The molecule has 0 radical (unpaired) electrons. The summed E-state index contributed by atoms with van der Waals surface area (Å²) in [7, 11) is 0. The highest BCUT2D eigenvalue weighted by atomic mass is 32.1. The van der Waals surface area contributed by atoms with Crippen molar-refractivity contribution in [2.24, 2.45) is 0 Å². The van der Waals surface area contributed by atoms with Crippen molar-refractivity contribution in [3.05, 3.63) is 156 Å². The number of hydrogen-bond donors (Lipinski definition) is 0. The van der Waals surface area contributed by atoms with E-state index >= 15 is 4.39 Å². The predicted octanol–water partition coefficient (Wildman–Crippen LogP) is 11.6. The number of halogens is 1. The molecule has 4 aromatic heterocycles. The monoisotopic (exact) mass is 640 g/mol. The first-order chi connectivity index (χ1) is 23.5. The third-order valence-electron chi connectivity index (χ3n) is 10.1. The van der Waals surface area contributed by atoms with E-state index in [0.29, 0.717) is 11.1 Å². The van der Waals surface area contributed by atoms with Gasteiger partial charge in [-0.3, -0.25) is 9.30 Å². The molecular weight excluding hydrogens is 612 g/mol. The summed E-state index contributed by atoms with van der Waals surface area (Å²) < 4.78 is 21.4. The lowest BCUT2D eigenvalue weighted by molar-refractivity contribution is 0.402. The Balaban J connectivity index is 1.14. The molecule has 4 nitrogen and oxygen atoms in total. The van der Waals surface area contributed by atoms with E-state index in [1.54, 1.807) is 6.20 Å². The number of para-hydroxylation sites is 2. The molecule has 230 valence electrons. The van der Waals surface area contributed by atoms with Gasteiger partial charge in [-0.05, 0) is 58.5 Å². The Hall–Kier alpha value is -5.59. The van der Waals surface area contributed by atoms with Crippen molar-refractivity contribution < 1.29 is 4.39 Å². The number of thiophene rings is 1. The molecule has 0 N–H and O–H groups in total. The minimum atomic E-state index is -1.33. The minimum Gasteiger partial charge on any atom is -0.299 e. The third-order valence-corrected chi connectivity index (χ3v) is 11.4. The van der Waals surface area contributed by atoms with Crippen LogP contribution in [-0.4, -0.2) is 14.4 Å². The third kappa shape index (κ3) is 3.75. The molecule has 0 saturated carbocycles. The molecule has 48 heavy (non-hydrogen) atoms. The van der Waals surface area contributed by atoms with Gasteiger partial charge < -0.3 is 0 Å².